The number of sulfone groups is 1. The van der Waals surface area contributed by atoms with E-state index >= 15 is 0 Å². The number of aromatic nitrogens is 4. The molecule has 1 fully saturated rings. The minimum absolute atomic E-state index is 0.0539. The predicted molar refractivity (Wildman–Crippen MR) is 82.2 cm³/mol. The quantitative estimate of drug-likeness (QED) is 0.888. The molecular weight excluding hydrogens is 318 g/mol. The third-order valence-corrected chi connectivity index (χ3v) is 5.19. The lowest BCUT2D eigenvalue weighted by atomic mass is 9.99. The molecule has 0 aromatic carbocycles. The number of aromatic amines is 1. The van der Waals surface area contributed by atoms with Gasteiger partial charge in [-0.15, -0.1) is 0 Å². The summed E-state index contributed by atoms with van der Waals surface area (Å²) in [7, 11) is -3.39. The van der Waals surface area contributed by atoms with Crippen LogP contribution in [-0.4, -0.2) is 51.8 Å². The first-order valence-corrected chi connectivity index (χ1v) is 9.34. The fourth-order valence-corrected chi connectivity index (χ4v) is 3.80. The Balaban J connectivity index is 1.87. The van der Waals surface area contributed by atoms with Crippen LogP contribution in [0, 0.1) is 0 Å². The Bertz CT molecular complexity index is 781. The zero-order chi connectivity index (χ0) is 16.4. The Morgan fingerprint density at radius 2 is 2.26 bits per heavy atom. The topological polar surface area (TPSA) is 101 Å². The molecule has 8 nitrogen and oxygen atoms in total. The van der Waals surface area contributed by atoms with Crippen molar-refractivity contribution >= 4 is 15.7 Å². The van der Waals surface area contributed by atoms with Gasteiger partial charge in [-0.25, -0.2) is 13.4 Å². The molecule has 9 heteroatoms. The molecule has 3 heterocycles. The molecule has 0 bridgehead atoms. The van der Waals surface area contributed by atoms with Crippen LogP contribution in [0.4, 0.5) is 0 Å². The molecule has 0 saturated carbocycles. The van der Waals surface area contributed by atoms with Gasteiger partial charge in [0, 0.05) is 25.2 Å². The van der Waals surface area contributed by atoms with Crippen molar-refractivity contribution in [2.24, 2.45) is 0 Å². The monoisotopic (exact) mass is 337 g/mol. The molecule has 0 radical (unpaired) electrons. The second-order valence-corrected chi connectivity index (χ2v) is 7.74. The van der Waals surface area contributed by atoms with Gasteiger partial charge in [0.2, 0.25) is 5.91 Å². The summed E-state index contributed by atoms with van der Waals surface area (Å²) in [4.78, 5) is 18.5. The Hall–Kier alpha value is -2.16. The maximum absolute atomic E-state index is 12.6. The lowest BCUT2D eigenvalue weighted by molar-refractivity contribution is -0.135. The van der Waals surface area contributed by atoms with Gasteiger partial charge in [-0.1, -0.05) is 0 Å². The van der Waals surface area contributed by atoms with Gasteiger partial charge >= 0.3 is 0 Å². The first-order chi connectivity index (χ1) is 11.0. The van der Waals surface area contributed by atoms with Gasteiger partial charge in [0.05, 0.1) is 24.3 Å². The van der Waals surface area contributed by atoms with Gasteiger partial charge in [-0.2, -0.15) is 5.10 Å². The summed E-state index contributed by atoms with van der Waals surface area (Å²) in [5.41, 5.74) is 0.506. The minimum atomic E-state index is -3.39. The summed E-state index contributed by atoms with van der Waals surface area (Å²) >= 11 is 0. The van der Waals surface area contributed by atoms with E-state index in [0.717, 1.165) is 25.5 Å². The highest BCUT2D eigenvalue weighted by atomic mass is 32.2. The van der Waals surface area contributed by atoms with Crippen molar-refractivity contribution in [2.45, 2.75) is 36.7 Å². The standard InChI is InChI=1S/C14H19N5O3S/c1-23(21,22)12-8-16-17-14(12)11-4-2-3-6-19(11)13(20)9-18-7-5-15-10-18/h5,7-8,10-11H,2-4,6,9H2,1H3,(H,16,17)/t11-/m0/s1. The van der Waals surface area contributed by atoms with E-state index in [1.165, 1.54) is 6.20 Å². The van der Waals surface area contributed by atoms with Crippen LogP contribution < -0.4 is 0 Å². The van der Waals surface area contributed by atoms with Crippen LogP contribution in [0.2, 0.25) is 0 Å². The van der Waals surface area contributed by atoms with Crippen molar-refractivity contribution in [1.29, 1.82) is 0 Å². The minimum Gasteiger partial charge on any atom is -0.333 e. The SMILES string of the molecule is CS(=O)(=O)c1cn[nH]c1[C@@H]1CCCCN1C(=O)Cn1ccnc1. The predicted octanol–water partition coefficient (Wildman–Crippen LogP) is 0.763. The van der Waals surface area contributed by atoms with E-state index in [-0.39, 0.29) is 23.4 Å². The van der Waals surface area contributed by atoms with Crippen molar-refractivity contribution in [2.75, 3.05) is 12.8 Å². The third-order valence-electron chi connectivity index (χ3n) is 4.07. The van der Waals surface area contributed by atoms with Gasteiger partial charge in [-0.3, -0.25) is 9.89 Å². The van der Waals surface area contributed by atoms with E-state index in [2.05, 4.69) is 15.2 Å². The van der Waals surface area contributed by atoms with Crippen LogP contribution in [0.1, 0.15) is 31.0 Å². The van der Waals surface area contributed by atoms with Crippen molar-refractivity contribution < 1.29 is 13.2 Å². The normalized spacial score (nSPS) is 19.0. The summed E-state index contributed by atoms with van der Waals surface area (Å²) in [5.74, 6) is -0.0539. The molecule has 1 atom stereocenters. The fraction of sp³-hybridized carbons (Fsp3) is 0.500. The second kappa shape index (κ2) is 6.15. The number of carbonyl (C=O) groups excluding carboxylic acids is 1. The highest BCUT2D eigenvalue weighted by Gasteiger charge is 2.32. The molecule has 3 rings (SSSR count). The number of piperidine rings is 1. The Kier molecular flexibility index (Phi) is 4.20. The van der Waals surface area contributed by atoms with E-state index in [0.29, 0.717) is 12.2 Å². The molecule has 0 spiro atoms. The number of imidazole rings is 1. The van der Waals surface area contributed by atoms with Crippen LogP contribution in [0.3, 0.4) is 0 Å². The lowest BCUT2D eigenvalue weighted by Gasteiger charge is -2.35. The molecule has 1 aliphatic rings. The maximum atomic E-state index is 12.6. The van der Waals surface area contributed by atoms with Crippen molar-refractivity contribution in [3.8, 4) is 0 Å². The Morgan fingerprint density at radius 3 is 2.96 bits per heavy atom. The summed E-state index contributed by atoms with van der Waals surface area (Å²) in [6.45, 7) is 0.805. The van der Waals surface area contributed by atoms with Crippen molar-refractivity contribution in [3.63, 3.8) is 0 Å². The molecule has 0 unspecified atom stereocenters. The number of rotatable bonds is 4. The first-order valence-electron chi connectivity index (χ1n) is 7.45. The Labute approximate surface area is 134 Å². The highest BCUT2D eigenvalue weighted by molar-refractivity contribution is 7.90. The Morgan fingerprint density at radius 1 is 1.43 bits per heavy atom. The molecule has 0 aliphatic carbocycles. The third kappa shape index (κ3) is 3.29. The summed E-state index contributed by atoms with van der Waals surface area (Å²) in [6.07, 6.45) is 10.00. The number of likely N-dealkylation sites (tertiary alicyclic amines) is 1. The smallest absolute Gasteiger partial charge is 0.243 e. The van der Waals surface area contributed by atoms with E-state index in [1.54, 1.807) is 28.2 Å². The van der Waals surface area contributed by atoms with Gasteiger partial charge in [0.25, 0.3) is 0 Å². The number of amides is 1. The number of nitrogens with zero attached hydrogens (tertiary/aromatic N) is 4. The van der Waals surface area contributed by atoms with Crippen molar-refractivity contribution in [3.05, 3.63) is 30.6 Å². The molecule has 1 N–H and O–H groups in total. The van der Waals surface area contributed by atoms with Gasteiger partial charge in [0.1, 0.15) is 11.4 Å². The van der Waals surface area contributed by atoms with Gasteiger partial charge in [-0.05, 0) is 19.3 Å². The van der Waals surface area contributed by atoms with Crippen LogP contribution in [0.5, 0.6) is 0 Å². The molecule has 23 heavy (non-hydrogen) atoms. The van der Waals surface area contributed by atoms with E-state index < -0.39 is 9.84 Å². The number of nitrogens with one attached hydrogen (secondary N) is 1. The highest BCUT2D eigenvalue weighted by Crippen LogP contribution is 2.33. The fourth-order valence-electron chi connectivity index (χ4n) is 2.98. The lowest BCUT2D eigenvalue weighted by Crippen LogP contribution is -2.40. The molecule has 2 aromatic heterocycles. The number of H-pyrrole nitrogens is 1. The number of hydrogen-bond donors (Lipinski definition) is 1. The van der Waals surface area contributed by atoms with Crippen LogP contribution >= 0.6 is 0 Å². The number of carbonyl (C=O) groups is 1. The summed E-state index contributed by atoms with van der Waals surface area (Å²) < 4.78 is 25.5. The molecule has 2 aromatic rings. The average molecular weight is 337 g/mol. The van der Waals surface area contributed by atoms with Crippen LogP contribution in [-0.2, 0) is 21.2 Å². The van der Waals surface area contributed by atoms with Crippen LogP contribution in [0.15, 0.2) is 29.8 Å². The zero-order valence-corrected chi connectivity index (χ0v) is 13.7. The maximum Gasteiger partial charge on any atom is 0.243 e. The van der Waals surface area contributed by atoms with E-state index in [9.17, 15) is 13.2 Å². The summed E-state index contributed by atoms with van der Waals surface area (Å²) in [5, 5.41) is 6.66. The van der Waals surface area contributed by atoms with Crippen molar-refractivity contribution in [1.82, 2.24) is 24.6 Å². The second-order valence-electron chi connectivity index (χ2n) is 5.75. The number of hydrogen-bond acceptors (Lipinski definition) is 5. The van der Waals surface area contributed by atoms with Crippen LogP contribution in [0.25, 0.3) is 0 Å². The molecule has 1 amide bonds. The van der Waals surface area contributed by atoms with E-state index in [1.807, 2.05) is 0 Å². The molecule has 1 saturated heterocycles. The summed E-state index contributed by atoms with van der Waals surface area (Å²) in [6, 6.07) is -0.285. The van der Waals surface area contributed by atoms with Gasteiger partial charge in [0.15, 0.2) is 9.84 Å². The average Bonchev–Trinajstić information content (AvgIpc) is 3.17. The van der Waals surface area contributed by atoms with Gasteiger partial charge < -0.3 is 9.47 Å². The first kappa shape index (κ1) is 15.7. The zero-order valence-electron chi connectivity index (χ0n) is 12.8. The van der Waals surface area contributed by atoms with E-state index in [4.69, 9.17) is 0 Å². The molecular formula is C14H19N5O3S. The molecule has 1 aliphatic heterocycles. The molecule has 124 valence electrons. The largest absolute Gasteiger partial charge is 0.333 e.